The smallest absolute Gasteiger partial charge is 0.371 e. The van der Waals surface area contributed by atoms with E-state index in [1.807, 2.05) is 0 Å². The van der Waals surface area contributed by atoms with E-state index in [-0.39, 0.29) is 11.1 Å². The van der Waals surface area contributed by atoms with Crippen LogP contribution in [0.4, 0.5) is 4.39 Å². The molecule has 0 spiro atoms. The lowest BCUT2D eigenvalue weighted by Crippen LogP contribution is -1.91. The van der Waals surface area contributed by atoms with Gasteiger partial charge < -0.3 is 9.52 Å². The van der Waals surface area contributed by atoms with Gasteiger partial charge in [-0.1, -0.05) is 6.07 Å². The molecular formula is C10H7FO3. The molecule has 0 fully saturated rings. The number of carboxylic acid groups (broad SMARTS) is 1. The summed E-state index contributed by atoms with van der Waals surface area (Å²) in [6.45, 7) is 1.73. The Kier molecular flexibility index (Phi) is 1.77. The fourth-order valence-electron chi connectivity index (χ4n) is 1.33. The molecule has 1 aromatic heterocycles. The van der Waals surface area contributed by atoms with Crippen molar-refractivity contribution in [2.75, 3.05) is 0 Å². The average Bonchev–Trinajstić information content (AvgIpc) is 2.57. The summed E-state index contributed by atoms with van der Waals surface area (Å²) in [4.78, 5) is 10.6. The van der Waals surface area contributed by atoms with Gasteiger partial charge in [-0.25, -0.2) is 9.18 Å². The van der Waals surface area contributed by atoms with Crippen molar-refractivity contribution in [2.45, 2.75) is 6.92 Å². The van der Waals surface area contributed by atoms with E-state index >= 15 is 0 Å². The third-order valence-corrected chi connectivity index (χ3v) is 2.04. The van der Waals surface area contributed by atoms with Gasteiger partial charge in [-0.2, -0.15) is 0 Å². The number of carbonyl (C=O) groups is 1. The Morgan fingerprint density at radius 2 is 2.21 bits per heavy atom. The van der Waals surface area contributed by atoms with Gasteiger partial charge in [0.25, 0.3) is 0 Å². The lowest BCUT2D eigenvalue weighted by atomic mass is 10.1. The Balaban J connectivity index is 2.82. The maximum absolute atomic E-state index is 13.2. The minimum Gasteiger partial charge on any atom is -0.475 e. The van der Waals surface area contributed by atoms with E-state index in [1.165, 1.54) is 12.1 Å². The number of fused-ring (bicyclic) bond motifs is 1. The summed E-state index contributed by atoms with van der Waals surface area (Å²) in [6.07, 6.45) is 0. The molecule has 0 radical (unpaired) electrons. The lowest BCUT2D eigenvalue weighted by Gasteiger charge is -1.93. The first-order valence-corrected chi connectivity index (χ1v) is 4.01. The number of furan rings is 1. The molecular weight excluding hydrogens is 187 g/mol. The van der Waals surface area contributed by atoms with Crippen LogP contribution in [0.1, 0.15) is 16.1 Å². The number of aryl methyl sites for hydroxylation is 1. The van der Waals surface area contributed by atoms with Crippen LogP contribution in [0.5, 0.6) is 0 Å². The molecule has 0 aliphatic rings. The molecule has 1 N–H and O–H groups in total. The van der Waals surface area contributed by atoms with Crippen LogP contribution in [0.25, 0.3) is 11.0 Å². The first-order chi connectivity index (χ1) is 6.59. The van der Waals surface area contributed by atoms with E-state index in [0.29, 0.717) is 11.1 Å². The van der Waals surface area contributed by atoms with Crippen molar-refractivity contribution in [3.8, 4) is 0 Å². The van der Waals surface area contributed by atoms with Gasteiger partial charge in [0.15, 0.2) is 0 Å². The van der Waals surface area contributed by atoms with Gasteiger partial charge in [-0.15, -0.1) is 0 Å². The van der Waals surface area contributed by atoms with Crippen LogP contribution >= 0.6 is 0 Å². The zero-order valence-corrected chi connectivity index (χ0v) is 7.37. The van der Waals surface area contributed by atoms with Crippen LogP contribution in [-0.4, -0.2) is 11.1 Å². The molecule has 1 heterocycles. The normalized spacial score (nSPS) is 10.7. The molecule has 2 rings (SSSR count). The Bertz CT molecular complexity index is 474. The largest absolute Gasteiger partial charge is 0.475 e. The first-order valence-electron chi connectivity index (χ1n) is 4.01. The summed E-state index contributed by atoms with van der Waals surface area (Å²) < 4.78 is 18.2. The van der Waals surface area contributed by atoms with E-state index in [9.17, 15) is 9.18 Å². The Labute approximate surface area is 78.8 Å². The molecule has 14 heavy (non-hydrogen) atoms. The molecule has 72 valence electrons. The zero-order chi connectivity index (χ0) is 10.3. The highest BCUT2D eigenvalue weighted by Crippen LogP contribution is 2.25. The topological polar surface area (TPSA) is 50.4 Å². The van der Waals surface area contributed by atoms with Crippen LogP contribution in [0.15, 0.2) is 22.6 Å². The van der Waals surface area contributed by atoms with Gasteiger partial charge in [-0.3, -0.25) is 0 Å². The summed E-state index contributed by atoms with van der Waals surface area (Å²) >= 11 is 0. The second-order valence-corrected chi connectivity index (χ2v) is 3.02. The third-order valence-electron chi connectivity index (χ3n) is 2.04. The Hall–Kier alpha value is -1.84. The highest BCUT2D eigenvalue weighted by molar-refractivity contribution is 5.92. The van der Waals surface area contributed by atoms with Crippen molar-refractivity contribution >= 4 is 16.9 Å². The summed E-state index contributed by atoms with van der Waals surface area (Å²) in [6, 6.07) is 4.03. The predicted octanol–water partition coefficient (Wildman–Crippen LogP) is 2.58. The van der Waals surface area contributed by atoms with Crippen LogP contribution in [0, 0.1) is 12.7 Å². The average molecular weight is 194 g/mol. The number of carboxylic acids is 1. The van der Waals surface area contributed by atoms with Crippen LogP contribution < -0.4 is 0 Å². The second-order valence-electron chi connectivity index (χ2n) is 3.02. The predicted molar refractivity (Wildman–Crippen MR) is 47.9 cm³/mol. The highest BCUT2D eigenvalue weighted by Gasteiger charge is 2.14. The molecule has 1 aromatic carbocycles. The van der Waals surface area contributed by atoms with Crippen molar-refractivity contribution in [2.24, 2.45) is 0 Å². The van der Waals surface area contributed by atoms with Crippen molar-refractivity contribution in [1.82, 2.24) is 0 Å². The number of halogens is 1. The summed E-state index contributed by atoms with van der Waals surface area (Å²) in [5.41, 5.74) is 1.01. The van der Waals surface area contributed by atoms with Crippen LogP contribution in [0.2, 0.25) is 0 Å². The minimum atomic E-state index is -1.19. The zero-order valence-electron chi connectivity index (χ0n) is 7.37. The fourth-order valence-corrected chi connectivity index (χ4v) is 1.33. The molecule has 0 unspecified atom stereocenters. The second kappa shape index (κ2) is 2.83. The molecule has 0 saturated heterocycles. The number of hydrogen-bond donors (Lipinski definition) is 1. The van der Waals surface area contributed by atoms with E-state index in [4.69, 9.17) is 9.52 Å². The maximum atomic E-state index is 13.2. The summed E-state index contributed by atoms with van der Waals surface area (Å²) in [5, 5.41) is 8.86. The maximum Gasteiger partial charge on any atom is 0.371 e. The van der Waals surface area contributed by atoms with Gasteiger partial charge in [0, 0.05) is 6.07 Å². The van der Waals surface area contributed by atoms with Crippen LogP contribution in [0.3, 0.4) is 0 Å². The Morgan fingerprint density at radius 3 is 2.79 bits per heavy atom. The molecule has 0 atom stereocenters. The van der Waals surface area contributed by atoms with E-state index < -0.39 is 11.8 Å². The van der Waals surface area contributed by atoms with Crippen molar-refractivity contribution in [3.63, 3.8) is 0 Å². The third kappa shape index (κ3) is 1.16. The van der Waals surface area contributed by atoms with Gasteiger partial charge in [0.1, 0.15) is 11.4 Å². The first kappa shape index (κ1) is 8.74. The van der Waals surface area contributed by atoms with Gasteiger partial charge in [0.05, 0.1) is 5.39 Å². The van der Waals surface area contributed by atoms with Crippen molar-refractivity contribution in [1.29, 1.82) is 0 Å². The van der Waals surface area contributed by atoms with Gasteiger partial charge in [0.2, 0.25) is 5.76 Å². The minimum absolute atomic E-state index is 0.211. The molecule has 0 aliphatic carbocycles. The number of aromatic carboxylic acids is 1. The van der Waals surface area contributed by atoms with Crippen molar-refractivity contribution < 1.29 is 18.7 Å². The Morgan fingerprint density at radius 1 is 1.50 bits per heavy atom. The van der Waals surface area contributed by atoms with Crippen LogP contribution in [-0.2, 0) is 0 Å². The van der Waals surface area contributed by atoms with E-state index in [1.54, 1.807) is 13.0 Å². The molecule has 3 nitrogen and oxygen atoms in total. The summed E-state index contributed by atoms with van der Waals surface area (Å²) in [5.74, 6) is -1.91. The fraction of sp³-hybridized carbons (Fsp3) is 0.100. The molecule has 4 heteroatoms. The standard InChI is InChI=1S/C10H7FO3/c1-5-2-3-7(11)6-4-8(10(12)13)14-9(5)6/h2-4H,1H3,(H,12,13). The molecule has 2 aromatic rings. The lowest BCUT2D eigenvalue weighted by molar-refractivity contribution is 0.0665. The van der Waals surface area contributed by atoms with E-state index in [0.717, 1.165) is 0 Å². The quantitative estimate of drug-likeness (QED) is 0.758. The monoisotopic (exact) mass is 194 g/mol. The van der Waals surface area contributed by atoms with E-state index in [2.05, 4.69) is 0 Å². The summed E-state index contributed by atoms with van der Waals surface area (Å²) in [7, 11) is 0. The van der Waals surface area contributed by atoms with Crippen molar-refractivity contribution in [3.05, 3.63) is 35.3 Å². The number of rotatable bonds is 1. The molecule has 0 aliphatic heterocycles. The number of benzene rings is 1. The highest BCUT2D eigenvalue weighted by atomic mass is 19.1. The van der Waals surface area contributed by atoms with Gasteiger partial charge >= 0.3 is 5.97 Å². The molecule has 0 saturated carbocycles. The number of hydrogen-bond acceptors (Lipinski definition) is 2. The SMILES string of the molecule is Cc1ccc(F)c2cc(C(=O)O)oc12. The molecule has 0 amide bonds. The molecule has 0 bridgehead atoms. The van der Waals surface area contributed by atoms with Gasteiger partial charge in [-0.05, 0) is 18.6 Å².